The van der Waals surface area contributed by atoms with Crippen LogP contribution in [0.25, 0.3) is 0 Å². The molecule has 1 aliphatic heterocycles. The Morgan fingerprint density at radius 1 is 1.35 bits per heavy atom. The van der Waals surface area contributed by atoms with Crippen LogP contribution in [0.15, 0.2) is 41.5 Å². The number of nitrogens with one attached hydrogen (secondary N) is 1. The van der Waals surface area contributed by atoms with Crippen LogP contribution in [-0.4, -0.2) is 31.2 Å². The first-order valence-corrected chi connectivity index (χ1v) is 9.31. The van der Waals surface area contributed by atoms with Gasteiger partial charge in [0.25, 0.3) is 0 Å². The predicted octanol–water partition coefficient (Wildman–Crippen LogP) is 2.96. The summed E-state index contributed by atoms with van der Waals surface area (Å²) in [6.07, 6.45) is 1.81. The van der Waals surface area contributed by atoms with E-state index < -0.39 is 5.92 Å². The summed E-state index contributed by atoms with van der Waals surface area (Å²) in [5.74, 6) is 0.0510. The van der Waals surface area contributed by atoms with Gasteiger partial charge in [-0.25, -0.2) is 5.43 Å². The number of anilines is 1. The van der Waals surface area contributed by atoms with Gasteiger partial charge in [0.05, 0.1) is 18.7 Å². The first kappa shape index (κ1) is 18.1. The molecule has 0 unspecified atom stereocenters. The summed E-state index contributed by atoms with van der Waals surface area (Å²) >= 11 is 1.60. The molecule has 1 aliphatic rings. The summed E-state index contributed by atoms with van der Waals surface area (Å²) in [4.78, 5) is 28.3. The Hall–Kier alpha value is -2.67. The fourth-order valence-corrected chi connectivity index (χ4v) is 3.54. The maximum atomic E-state index is 12.3. The topological polar surface area (TPSA) is 71.0 Å². The van der Waals surface area contributed by atoms with E-state index in [1.54, 1.807) is 22.5 Å². The van der Waals surface area contributed by atoms with E-state index in [0.29, 0.717) is 13.2 Å². The molecular weight excluding hydrogens is 350 g/mol. The van der Waals surface area contributed by atoms with Crippen LogP contribution in [0, 0.1) is 12.8 Å². The normalized spacial score (nSPS) is 17.1. The molecule has 0 radical (unpaired) electrons. The first-order valence-electron chi connectivity index (χ1n) is 8.49. The third-order valence-corrected chi connectivity index (χ3v) is 5.02. The van der Waals surface area contributed by atoms with E-state index in [1.165, 1.54) is 4.88 Å². The highest BCUT2D eigenvalue weighted by Gasteiger charge is 2.35. The number of nitrogens with zero attached hydrogens (tertiary/aromatic N) is 2. The molecular formula is C19H21N3O3S. The van der Waals surface area contributed by atoms with E-state index >= 15 is 0 Å². The van der Waals surface area contributed by atoms with Crippen LogP contribution in [-0.2, 0) is 9.59 Å². The van der Waals surface area contributed by atoms with Gasteiger partial charge in [0.15, 0.2) is 0 Å². The molecule has 1 fully saturated rings. The van der Waals surface area contributed by atoms with E-state index in [1.807, 2.05) is 50.2 Å². The summed E-state index contributed by atoms with van der Waals surface area (Å²) in [7, 11) is 0. The minimum absolute atomic E-state index is 0.0628. The predicted molar refractivity (Wildman–Crippen MR) is 103 cm³/mol. The highest BCUT2D eigenvalue weighted by molar-refractivity contribution is 7.13. The van der Waals surface area contributed by atoms with Crippen LogP contribution in [0.3, 0.4) is 0 Å². The number of hydrogen-bond donors (Lipinski definition) is 1. The zero-order valence-electron chi connectivity index (χ0n) is 14.8. The molecule has 6 nitrogen and oxygen atoms in total. The number of thiophene rings is 1. The highest BCUT2D eigenvalue weighted by Crippen LogP contribution is 2.27. The van der Waals surface area contributed by atoms with Crippen LogP contribution in [0.5, 0.6) is 5.75 Å². The molecule has 2 heterocycles. The lowest BCUT2D eigenvalue weighted by Gasteiger charge is -2.17. The van der Waals surface area contributed by atoms with Crippen molar-refractivity contribution in [2.75, 3.05) is 18.1 Å². The van der Waals surface area contributed by atoms with Crippen LogP contribution in [0.2, 0.25) is 0 Å². The summed E-state index contributed by atoms with van der Waals surface area (Å²) in [6.45, 7) is 4.88. The van der Waals surface area contributed by atoms with E-state index in [2.05, 4.69) is 10.5 Å². The van der Waals surface area contributed by atoms with Gasteiger partial charge < -0.3 is 9.64 Å². The van der Waals surface area contributed by atoms with Crippen LogP contribution < -0.4 is 15.1 Å². The number of rotatable bonds is 6. The Bertz CT molecular complexity index is 814. The van der Waals surface area contributed by atoms with Gasteiger partial charge in [-0.2, -0.15) is 5.10 Å². The van der Waals surface area contributed by atoms with Crippen molar-refractivity contribution in [3.8, 4) is 5.75 Å². The van der Waals surface area contributed by atoms with Crippen molar-refractivity contribution in [1.82, 2.24) is 5.43 Å². The second kappa shape index (κ2) is 8.14. The monoisotopic (exact) mass is 371 g/mol. The van der Waals surface area contributed by atoms with E-state index in [9.17, 15) is 9.59 Å². The number of amides is 2. The molecule has 1 aromatic heterocycles. The minimum atomic E-state index is -0.406. The molecule has 26 heavy (non-hydrogen) atoms. The largest absolute Gasteiger partial charge is 0.494 e. The summed E-state index contributed by atoms with van der Waals surface area (Å²) in [6, 6.07) is 11.3. The van der Waals surface area contributed by atoms with Crippen molar-refractivity contribution in [1.29, 1.82) is 0 Å². The molecule has 1 atom stereocenters. The Labute approximate surface area is 156 Å². The van der Waals surface area contributed by atoms with Crippen molar-refractivity contribution < 1.29 is 14.3 Å². The Kier molecular flexibility index (Phi) is 5.68. The number of hydrazone groups is 1. The Morgan fingerprint density at radius 3 is 2.77 bits per heavy atom. The van der Waals surface area contributed by atoms with Gasteiger partial charge in [-0.15, -0.1) is 11.3 Å². The lowest BCUT2D eigenvalue weighted by Crippen LogP contribution is -2.30. The highest BCUT2D eigenvalue weighted by atomic mass is 32.1. The number of carbonyl (C=O) groups excluding carboxylic acids is 2. The van der Waals surface area contributed by atoms with Gasteiger partial charge >= 0.3 is 0 Å². The van der Waals surface area contributed by atoms with E-state index in [-0.39, 0.29) is 18.2 Å². The second-order valence-corrected chi connectivity index (χ2v) is 7.33. The summed E-state index contributed by atoms with van der Waals surface area (Å²) in [5, 5.41) is 3.99. The molecule has 136 valence electrons. The zero-order valence-corrected chi connectivity index (χ0v) is 15.6. The number of ether oxygens (including phenoxy) is 1. The summed E-state index contributed by atoms with van der Waals surface area (Å²) < 4.78 is 5.41. The first-order chi connectivity index (χ1) is 12.6. The van der Waals surface area contributed by atoms with Crippen molar-refractivity contribution in [2.45, 2.75) is 20.3 Å². The molecule has 0 spiro atoms. The molecule has 0 aliphatic carbocycles. The van der Waals surface area contributed by atoms with Gasteiger partial charge in [-0.05, 0) is 50.2 Å². The third-order valence-electron chi connectivity index (χ3n) is 4.08. The maximum Gasteiger partial charge on any atom is 0.245 e. The third kappa shape index (κ3) is 4.29. The Morgan fingerprint density at radius 2 is 2.12 bits per heavy atom. The van der Waals surface area contributed by atoms with Gasteiger partial charge in [0.1, 0.15) is 5.75 Å². The van der Waals surface area contributed by atoms with Crippen molar-refractivity contribution in [3.63, 3.8) is 0 Å². The lowest BCUT2D eigenvalue weighted by molar-refractivity contribution is -0.126. The van der Waals surface area contributed by atoms with Gasteiger partial charge in [-0.3, -0.25) is 9.59 Å². The standard InChI is InChI=1S/C19H21N3O3S/c1-3-25-16-7-5-15(6-8-16)22-12-14(10-18(22)23)19(24)21-20-11-17-9-4-13(2)26-17/h4-9,11,14H,3,10,12H2,1-2H3,(H,21,24)/b20-11-/t14-/m1/s1. The second-order valence-electron chi connectivity index (χ2n) is 6.01. The molecule has 1 aromatic carbocycles. The lowest BCUT2D eigenvalue weighted by atomic mass is 10.1. The summed E-state index contributed by atoms with van der Waals surface area (Å²) in [5.41, 5.74) is 3.31. The fourth-order valence-electron chi connectivity index (χ4n) is 2.80. The molecule has 1 N–H and O–H groups in total. The molecule has 0 saturated carbocycles. The fraction of sp³-hybridized carbons (Fsp3) is 0.316. The van der Waals surface area contributed by atoms with Crippen LogP contribution >= 0.6 is 11.3 Å². The van der Waals surface area contributed by atoms with Crippen molar-refractivity contribution >= 4 is 35.1 Å². The number of benzene rings is 1. The molecule has 2 aromatic rings. The number of aryl methyl sites for hydroxylation is 1. The molecule has 7 heteroatoms. The molecule has 1 saturated heterocycles. The average molecular weight is 371 g/mol. The maximum absolute atomic E-state index is 12.3. The number of carbonyl (C=O) groups is 2. The van der Waals surface area contributed by atoms with E-state index in [0.717, 1.165) is 16.3 Å². The van der Waals surface area contributed by atoms with Crippen LogP contribution in [0.4, 0.5) is 5.69 Å². The van der Waals surface area contributed by atoms with Crippen LogP contribution in [0.1, 0.15) is 23.1 Å². The average Bonchev–Trinajstić information content (AvgIpc) is 3.22. The Balaban J connectivity index is 1.58. The van der Waals surface area contributed by atoms with E-state index in [4.69, 9.17) is 4.74 Å². The molecule has 0 bridgehead atoms. The zero-order chi connectivity index (χ0) is 18.5. The quantitative estimate of drug-likeness (QED) is 0.627. The van der Waals surface area contributed by atoms with Crippen molar-refractivity contribution in [3.05, 3.63) is 46.2 Å². The number of hydrogen-bond acceptors (Lipinski definition) is 5. The molecule has 3 rings (SSSR count). The van der Waals surface area contributed by atoms with Crippen molar-refractivity contribution in [2.24, 2.45) is 11.0 Å². The molecule has 2 amide bonds. The minimum Gasteiger partial charge on any atom is -0.494 e. The van der Waals surface area contributed by atoms with Gasteiger partial charge in [-0.1, -0.05) is 0 Å². The SMILES string of the molecule is CCOc1ccc(N2C[C@H](C(=O)N/N=C\c3ccc(C)s3)CC2=O)cc1. The van der Waals surface area contributed by atoms with Gasteiger partial charge in [0, 0.05) is 28.4 Å². The van der Waals surface area contributed by atoms with Gasteiger partial charge in [0.2, 0.25) is 11.8 Å². The smallest absolute Gasteiger partial charge is 0.245 e.